The van der Waals surface area contributed by atoms with E-state index >= 15 is 0 Å². The van der Waals surface area contributed by atoms with E-state index in [4.69, 9.17) is 17.3 Å². The van der Waals surface area contributed by atoms with Crippen LogP contribution in [0.5, 0.6) is 0 Å². The lowest BCUT2D eigenvalue weighted by Crippen LogP contribution is -2.26. The predicted octanol–water partition coefficient (Wildman–Crippen LogP) is 3.92. The zero-order valence-corrected chi connectivity index (χ0v) is 13.5. The monoisotopic (exact) mass is 320 g/mol. The quantitative estimate of drug-likeness (QED) is 0.686. The van der Waals surface area contributed by atoms with Gasteiger partial charge in [0.15, 0.2) is 0 Å². The number of nitrogens with zero attached hydrogens (tertiary/aromatic N) is 1. The number of hydrogen-bond acceptors (Lipinski definition) is 3. The first-order valence-corrected chi connectivity index (χ1v) is 8.05. The highest BCUT2D eigenvalue weighted by Crippen LogP contribution is 2.21. The van der Waals surface area contributed by atoms with Gasteiger partial charge < -0.3 is 10.6 Å². The van der Waals surface area contributed by atoms with Crippen molar-refractivity contribution in [2.24, 2.45) is 0 Å². The van der Waals surface area contributed by atoms with E-state index in [-0.39, 0.29) is 5.91 Å². The number of amides is 1. The molecule has 2 N–H and O–H groups in total. The van der Waals surface area contributed by atoms with E-state index < -0.39 is 0 Å². The Hall–Kier alpha value is -1.65. The average Bonchev–Trinajstić information content (AvgIpc) is 2.47. The van der Waals surface area contributed by atoms with Crippen molar-refractivity contribution >= 4 is 35.0 Å². The maximum absolute atomic E-state index is 12.4. The van der Waals surface area contributed by atoms with Gasteiger partial charge in [-0.15, -0.1) is 11.8 Å². The Morgan fingerprint density at radius 1 is 1.24 bits per heavy atom. The number of nitrogens with two attached hydrogens (primary N) is 1. The minimum absolute atomic E-state index is 0.117. The normalized spacial score (nSPS) is 10.4. The molecule has 2 aromatic rings. The van der Waals surface area contributed by atoms with Crippen LogP contribution in [0.3, 0.4) is 0 Å². The molecule has 2 rings (SSSR count). The zero-order chi connectivity index (χ0) is 15.4. The highest BCUT2D eigenvalue weighted by molar-refractivity contribution is 7.98. The van der Waals surface area contributed by atoms with Gasteiger partial charge >= 0.3 is 0 Å². The van der Waals surface area contributed by atoms with Crippen LogP contribution in [0.1, 0.15) is 15.9 Å². The van der Waals surface area contributed by atoms with Crippen molar-refractivity contribution in [3.8, 4) is 0 Å². The van der Waals surface area contributed by atoms with Crippen LogP contribution < -0.4 is 5.73 Å². The standard InChI is InChI=1S/C16H17ClN2OS/c1-19(10-11-3-6-13(21-2)7-4-11)16(20)14-8-5-12(18)9-15(14)17/h3-9H,10,18H2,1-2H3. The molecule has 0 aliphatic carbocycles. The van der Waals surface area contributed by atoms with Gasteiger partial charge in [0, 0.05) is 24.2 Å². The topological polar surface area (TPSA) is 46.3 Å². The number of halogens is 1. The lowest BCUT2D eigenvalue weighted by Gasteiger charge is -2.18. The lowest BCUT2D eigenvalue weighted by atomic mass is 10.1. The molecule has 5 heteroatoms. The Balaban J connectivity index is 2.11. The molecule has 0 saturated heterocycles. The van der Waals surface area contributed by atoms with Gasteiger partial charge in [0.05, 0.1) is 10.6 Å². The van der Waals surface area contributed by atoms with E-state index in [1.54, 1.807) is 41.9 Å². The van der Waals surface area contributed by atoms with Gasteiger partial charge in [-0.05, 0) is 42.2 Å². The summed E-state index contributed by atoms with van der Waals surface area (Å²) in [5.74, 6) is -0.117. The third kappa shape index (κ3) is 3.93. The molecular formula is C16H17ClN2OS. The molecule has 0 aromatic heterocycles. The largest absolute Gasteiger partial charge is 0.399 e. The molecule has 21 heavy (non-hydrogen) atoms. The number of carbonyl (C=O) groups excluding carboxylic acids is 1. The molecule has 110 valence electrons. The Morgan fingerprint density at radius 2 is 1.90 bits per heavy atom. The molecule has 0 fully saturated rings. The molecule has 0 bridgehead atoms. The van der Waals surface area contributed by atoms with Gasteiger partial charge in [-0.3, -0.25) is 4.79 Å². The van der Waals surface area contributed by atoms with E-state index in [2.05, 4.69) is 12.1 Å². The first-order chi connectivity index (χ1) is 10.0. The lowest BCUT2D eigenvalue weighted by molar-refractivity contribution is 0.0785. The predicted molar refractivity (Wildman–Crippen MR) is 89.9 cm³/mol. The van der Waals surface area contributed by atoms with Gasteiger partial charge in [-0.2, -0.15) is 0 Å². The number of hydrogen-bond donors (Lipinski definition) is 1. The van der Waals surface area contributed by atoms with Crippen LogP contribution in [0.25, 0.3) is 0 Å². The smallest absolute Gasteiger partial charge is 0.255 e. The van der Waals surface area contributed by atoms with E-state index in [0.717, 1.165) is 5.56 Å². The van der Waals surface area contributed by atoms with Crippen LogP contribution in [0.4, 0.5) is 5.69 Å². The SMILES string of the molecule is CSc1ccc(CN(C)C(=O)c2ccc(N)cc2Cl)cc1. The minimum atomic E-state index is -0.117. The molecule has 0 radical (unpaired) electrons. The third-order valence-corrected chi connectivity index (χ3v) is 4.21. The van der Waals surface area contributed by atoms with Crippen molar-refractivity contribution < 1.29 is 4.79 Å². The summed E-state index contributed by atoms with van der Waals surface area (Å²) in [4.78, 5) is 15.2. The van der Waals surface area contributed by atoms with Crippen molar-refractivity contribution in [3.05, 3.63) is 58.6 Å². The maximum atomic E-state index is 12.4. The molecule has 0 unspecified atom stereocenters. The van der Waals surface area contributed by atoms with Gasteiger partial charge in [-0.1, -0.05) is 23.7 Å². The van der Waals surface area contributed by atoms with Crippen LogP contribution in [-0.4, -0.2) is 24.1 Å². The Labute approximate surface area is 134 Å². The molecule has 3 nitrogen and oxygen atoms in total. The highest BCUT2D eigenvalue weighted by Gasteiger charge is 2.15. The molecule has 0 aliphatic heterocycles. The van der Waals surface area contributed by atoms with Crippen molar-refractivity contribution in [2.75, 3.05) is 19.0 Å². The fraction of sp³-hybridized carbons (Fsp3) is 0.188. The number of anilines is 1. The summed E-state index contributed by atoms with van der Waals surface area (Å²) in [6, 6.07) is 13.1. The minimum Gasteiger partial charge on any atom is -0.399 e. The van der Waals surface area contributed by atoms with Crippen molar-refractivity contribution in [2.45, 2.75) is 11.4 Å². The maximum Gasteiger partial charge on any atom is 0.255 e. The van der Waals surface area contributed by atoms with Gasteiger partial charge in [-0.25, -0.2) is 0 Å². The number of nitrogen functional groups attached to an aromatic ring is 1. The second-order valence-corrected chi connectivity index (χ2v) is 6.04. The number of benzene rings is 2. The van der Waals surface area contributed by atoms with Gasteiger partial charge in [0.2, 0.25) is 0 Å². The molecule has 0 heterocycles. The first kappa shape index (κ1) is 15.7. The zero-order valence-electron chi connectivity index (χ0n) is 12.0. The van der Waals surface area contributed by atoms with E-state index in [1.807, 2.05) is 18.4 Å². The van der Waals surface area contributed by atoms with E-state index in [0.29, 0.717) is 22.8 Å². The summed E-state index contributed by atoms with van der Waals surface area (Å²) in [5.41, 5.74) is 7.74. The van der Waals surface area contributed by atoms with Gasteiger partial charge in [0.25, 0.3) is 5.91 Å². The highest BCUT2D eigenvalue weighted by atomic mass is 35.5. The third-order valence-electron chi connectivity index (χ3n) is 3.15. The summed E-state index contributed by atoms with van der Waals surface area (Å²) in [5, 5.41) is 0.379. The van der Waals surface area contributed by atoms with Crippen molar-refractivity contribution in [1.29, 1.82) is 0 Å². The molecule has 0 saturated carbocycles. The molecule has 0 aliphatic rings. The summed E-state index contributed by atoms with van der Waals surface area (Å²) in [7, 11) is 1.76. The molecule has 0 atom stereocenters. The average molecular weight is 321 g/mol. The number of carbonyl (C=O) groups is 1. The fourth-order valence-electron chi connectivity index (χ4n) is 1.99. The van der Waals surface area contributed by atoms with Crippen LogP contribution in [0.15, 0.2) is 47.4 Å². The van der Waals surface area contributed by atoms with Crippen molar-refractivity contribution in [1.82, 2.24) is 4.90 Å². The summed E-state index contributed by atoms with van der Waals surface area (Å²) in [6.45, 7) is 0.536. The first-order valence-electron chi connectivity index (χ1n) is 6.44. The van der Waals surface area contributed by atoms with Crippen LogP contribution in [0.2, 0.25) is 5.02 Å². The van der Waals surface area contributed by atoms with E-state index in [1.165, 1.54) is 4.90 Å². The summed E-state index contributed by atoms with van der Waals surface area (Å²) in [6.07, 6.45) is 2.04. The molecule has 1 amide bonds. The Bertz CT molecular complexity index is 643. The molecular weight excluding hydrogens is 304 g/mol. The van der Waals surface area contributed by atoms with Crippen LogP contribution in [-0.2, 0) is 6.54 Å². The Kier molecular flexibility index (Phi) is 5.15. The van der Waals surface area contributed by atoms with E-state index in [9.17, 15) is 4.79 Å². The fourth-order valence-corrected chi connectivity index (χ4v) is 2.67. The second-order valence-electron chi connectivity index (χ2n) is 4.75. The number of thioether (sulfide) groups is 1. The van der Waals surface area contributed by atoms with Crippen molar-refractivity contribution in [3.63, 3.8) is 0 Å². The molecule has 0 spiro atoms. The number of rotatable bonds is 4. The Morgan fingerprint density at radius 3 is 2.48 bits per heavy atom. The molecule has 2 aromatic carbocycles. The second kappa shape index (κ2) is 6.87. The van der Waals surface area contributed by atoms with Crippen LogP contribution in [0, 0.1) is 0 Å². The van der Waals surface area contributed by atoms with Crippen LogP contribution >= 0.6 is 23.4 Å². The summed E-state index contributed by atoms with van der Waals surface area (Å²) >= 11 is 7.77. The van der Waals surface area contributed by atoms with Gasteiger partial charge in [0.1, 0.15) is 0 Å². The summed E-state index contributed by atoms with van der Waals surface area (Å²) < 4.78 is 0.